The molecule has 0 unspecified atom stereocenters. The normalized spacial score (nSPS) is 18.5. The Bertz CT molecular complexity index is 952. The van der Waals surface area contributed by atoms with Gasteiger partial charge in [-0.1, -0.05) is 12.1 Å². The first-order valence-electron chi connectivity index (χ1n) is 8.79. The van der Waals surface area contributed by atoms with Gasteiger partial charge in [0.15, 0.2) is 17.3 Å². The first-order valence-corrected chi connectivity index (χ1v) is 8.79. The Labute approximate surface area is 150 Å². The zero-order chi connectivity index (χ0) is 18.3. The summed E-state index contributed by atoms with van der Waals surface area (Å²) in [5.41, 5.74) is 9.06. The Kier molecular flexibility index (Phi) is 4.32. The van der Waals surface area contributed by atoms with Gasteiger partial charge in [-0.25, -0.2) is 13.8 Å². The number of hydrogen-bond acceptors (Lipinski definition) is 4. The number of anilines is 1. The van der Waals surface area contributed by atoms with Gasteiger partial charge in [-0.2, -0.15) is 9.61 Å². The lowest BCUT2D eigenvalue weighted by Gasteiger charge is -2.32. The maximum absolute atomic E-state index is 14.0. The number of hydrogen-bond donors (Lipinski definition) is 1. The summed E-state index contributed by atoms with van der Waals surface area (Å²) in [6.45, 7) is 3.90. The Morgan fingerprint density at radius 3 is 2.96 bits per heavy atom. The number of nitrogen functional groups attached to an aromatic ring is 1. The molecule has 0 bridgehead atoms. The molecule has 1 aliphatic rings. The van der Waals surface area contributed by atoms with Gasteiger partial charge in [0.25, 0.3) is 0 Å². The van der Waals surface area contributed by atoms with E-state index in [2.05, 4.69) is 10.00 Å². The van der Waals surface area contributed by atoms with Gasteiger partial charge in [-0.15, -0.1) is 0 Å². The number of aromatic nitrogens is 3. The minimum atomic E-state index is -0.799. The SMILES string of the molecule is Cc1cc2nc([C@@H]3CCCN(Cc4cccc(F)c4F)C3)cc(N)n2n1. The number of likely N-dealkylation sites (tertiary alicyclic amines) is 1. The highest BCUT2D eigenvalue weighted by atomic mass is 19.2. The Morgan fingerprint density at radius 1 is 1.27 bits per heavy atom. The molecule has 7 heteroatoms. The molecule has 0 radical (unpaired) electrons. The number of rotatable bonds is 3. The quantitative estimate of drug-likeness (QED) is 0.782. The highest BCUT2D eigenvalue weighted by Gasteiger charge is 2.24. The van der Waals surface area contributed by atoms with Crippen molar-refractivity contribution >= 4 is 11.5 Å². The lowest BCUT2D eigenvalue weighted by molar-refractivity contribution is 0.196. The first kappa shape index (κ1) is 16.9. The summed E-state index contributed by atoms with van der Waals surface area (Å²) in [4.78, 5) is 6.86. The summed E-state index contributed by atoms with van der Waals surface area (Å²) in [5, 5.41) is 4.33. The summed E-state index contributed by atoms with van der Waals surface area (Å²) in [7, 11) is 0. The van der Waals surface area contributed by atoms with Gasteiger partial charge >= 0.3 is 0 Å². The molecule has 1 fully saturated rings. The van der Waals surface area contributed by atoms with Gasteiger partial charge < -0.3 is 5.73 Å². The van der Waals surface area contributed by atoms with E-state index < -0.39 is 11.6 Å². The molecule has 3 heterocycles. The van der Waals surface area contributed by atoms with Crippen molar-refractivity contribution in [3.05, 3.63) is 58.9 Å². The Hall–Kier alpha value is -2.54. The third kappa shape index (κ3) is 3.14. The molecule has 136 valence electrons. The smallest absolute Gasteiger partial charge is 0.163 e. The van der Waals surface area contributed by atoms with E-state index in [4.69, 9.17) is 10.7 Å². The summed E-state index contributed by atoms with van der Waals surface area (Å²) in [6.07, 6.45) is 1.98. The van der Waals surface area contributed by atoms with Gasteiger partial charge in [0, 0.05) is 36.7 Å². The van der Waals surface area contributed by atoms with E-state index in [1.54, 1.807) is 16.6 Å². The van der Waals surface area contributed by atoms with Crippen molar-refractivity contribution in [3.8, 4) is 0 Å². The van der Waals surface area contributed by atoms with Crippen molar-refractivity contribution in [2.45, 2.75) is 32.2 Å². The second-order valence-electron chi connectivity index (χ2n) is 6.95. The van der Waals surface area contributed by atoms with Crippen molar-refractivity contribution in [2.24, 2.45) is 0 Å². The fraction of sp³-hybridized carbons (Fsp3) is 0.368. The van der Waals surface area contributed by atoms with Crippen LogP contribution in [0.3, 0.4) is 0 Å². The number of nitrogens with two attached hydrogens (primary N) is 1. The number of fused-ring (bicyclic) bond motifs is 1. The highest BCUT2D eigenvalue weighted by Crippen LogP contribution is 2.28. The number of piperidine rings is 1. The maximum Gasteiger partial charge on any atom is 0.163 e. The van der Waals surface area contributed by atoms with Crippen LogP contribution in [0.5, 0.6) is 0 Å². The molecule has 26 heavy (non-hydrogen) atoms. The van der Waals surface area contributed by atoms with E-state index in [0.717, 1.165) is 49.0 Å². The summed E-state index contributed by atoms with van der Waals surface area (Å²) < 4.78 is 29.1. The standard InChI is InChI=1S/C19H21F2N5/c1-12-8-18-23-16(9-17(22)26(18)24-12)13-5-3-7-25(10-13)11-14-4-2-6-15(20)19(14)21/h2,4,6,8-9,13H,3,5,7,10-11,22H2,1H3/t13-/m1/s1. The number of aryl methyl sites for hydroxylation is 1. The molecule has 1 aliphatic heterocycles. The minimum absolute atomic E-state index is 0.211. The van der Waals surface area contributed by atoms with Crippen LogP contribution < -0.4 is 5.73 Å². The molecule has 1 aromatic carbocycles. The van der Waals surface area contributed by atoms with Gasteiger partial charge in [-0.3, -0.25) is 4.90 Å². The van der Waals surface area contributed by atoms with Crippen molar-refractivity contribution in [1.82, 2.24) is 19.5 Å². The average Bonchev–Trinajstić information content (AvgIpc) is 3.00. The molecule has 2 aromatic heterocycles. The zero-order valence-corrected chi connectivity index (χ0v) is 14.6. The van der Waals surface area contributed by atoms with Crippen molar-refractivity contribution in [2.75, 3.05) is 18.8 Å². The van der Waals surface area contributed by atoms with Crippen molar-refractivity contribution in [3.63, 3.8) is 0 Å². The van der Waals surface area contributed by atoms with Gasteiger partial charge in [0.05, 0.1) is 11.4 Å². The fourth-order valence-electron chi connectivity index (χ4n) is 3.69. The maximum atomic E-state index is 14.0. The lowest BCUT2D eigenvalue weighted by atomic mass is 9.94. The largest absolute Gasteiger partial charge is 0.384 e. The van der Waals surface area contributed by atoms with Crippen LogP contribution in [-0.2, 0) is 6.54 Å². The number of benzene rings is 1. The molecule has 0 amide bonds. The molecule has 0 spiro atoms. The van der Waals surface area contributed by atoms with E-state index in [-0.39, 0.29) is 5.92 Å². The monoisotopic (exact) mass is 357 g/mol. The van der Waals surface area contributed by atoms with Crippen LogP contribution in [0, 0.1) is 18.6 Å². The second kappa shape index (κ2) is 6.64. The Balaban J connectivity index is 1.56. The van der Waals surface area contributed by atoms with E-state index >= 15 is 0 Å². The Morgan fingerprint density at radius 2 is 2.12 bits per heavy atom. The molecule has 4 rings (SSSR count). The zero-order valence-electron chi connectivity index (χ0n) is 14.6. The first-order chi connectivity index (χ1) is 12.5. The predicted octanol–water partition coefficient (Wildman–Crippen LogP) is 3.28. The average molecular weight is 357 g/mol. The summed E-state index contributed by atoms with van der Waals surface area (Å²) in [5.74, 6) is -0.783. The molecule has 1 atom stereocenters. The second-order valence-corrected chi connectivity index (χ2v) is 6.95. The lowest BCUT2D eigenvalue weighted by Crippen LogP contribution is -2.34. The molecular formula is C19H21F2N5. The third-order valence-corrected chi connectivity index (χ3v) is 4.95. The van der Waals surface area contributed by atoms with E-state index in [1.807, 2.05) is 19.1 Å². The van der Waals surface area contributed by atoms with Crippen LogP contribution in [0.1, 0.15) is 35.7 Å². The molecule has 5 nitrogen and oxygen atoms in total. The van der Waals surface area contributed by atoms with E-state index in [1.165, 1.54) is 0 Å². The van der Waals surface area contributed by atoms with Gasteiger partial charge in [-0.05, 0) is 32.4 Å². The van der Waals surface area contributed by atoms with Crippen LogP contribution in [0.2, 0.25) is 0 Å². The third-order valence-electron chi connectivity index (χ3n) is 4.95. The topological polar surface area (TPSA) is 59.5 Å². The molecule has 3 aromatic rings. The van der Waals surface area contributed by atoms with Crippen LogP contribution in [0.15, 0.2) is 30.3 Å². The molecule has 0 saturated carbocycles. The minimum Gasteiger partial charge on any atom is -0.384 e. The molecular weight excluding hydrogens is 336 g/mol. The van der Waals surface area contributed by atoms with E-state index in [0.29, 0.717) is 17.9 Å². The molecule has 1 saturated heterocycles. The highest BCUT2D eigenvalue weighted by molar-refractivity contribution is 5.48. The van der Waals surface area contributed by atoms with Crippen LogP contribution in [0.25, 0.3) is 5.65 Å². The molecule has 0 aliphatic carbocycles. The summed E-state index contributed by atoms with van der Waals surface area (Å²) >= 11 is 0. The van der Waals surface area contributed by atoms with Crippen LogP contribution in [-0.4, -0.2) is 32.6 Å². The predicted molar refractivity (Wildman–Crippen MR) is 95.7 cm³/mol. The van der Waals surface area contributed by atoms with Gasteiger partial charge in [0.1, 0.15) is 5.82 Å². The molecule has 2 N–H and O–H groups in total. The van der Waals surface area contributed by atoms with E-state index in [9.17, 15) is 8.78 Å². The van der Waals surface area contributed by atoms with Crippen molar-refractivity contribution < 1.29 is 8.78 Å². The van der Waals surface area contributed by atoms with Gasteiger partial charge in [0.2, 0.25) is 0 Å². The number of nitrogens with zero attached hydrogens (tertiary/aromatic N) is 4. The van der Waals surface area contributed by atoms with Crippen LogP contribution in [0.4, 0.5) is 14.6 Å². The van der Waals surface area contributed by atoms with Crippen LogP contribution >= 0.6 is 0 Å². The summed E-state index contributed by atoms with van der Waals surface area (Å²) in [6, 6.07) is 8.11. The van der Waals surface area contributed by atoms with Crippen molar-refractivity contribution in [1.29, 1.82) is 0 Å². The number of halogens is 2. The fourth-order valence-corrected chi connectivity index (χ4v) is 3.69.